The van der Waals surface area contributed by atoms with Gasteiger partial charge in [-0.25, -0.2) is 14.2 Å². The molecule has 1 saturated heterocycles. The third-order valence-electron chi connectivity index (χ3n) is 8.01. The molecule has 1 aliphatic heterocycles. The number of hydrogen-bond acceptors (Lipinski definition) is 6. The molecule has 2 heterocycles. The zero-order chi connectivity index (χ0) is 26.4. The van der Waals surface area contributed by atoms with Gasteiger partial charge in [-0.1, -0.05) is 0 Å². The normalized spacial score (nSPS) is 27.4. The number of aromatic nitrogens is 1. The number of β-amino-alcohol motifs (C(OH)–C–C–N with tert-alkyl or cyclic N) is 1. The highest BCUT2D eigenvalue weighted by atomic mass is 32.1. The van der Waals surface area contributed by atoms with E-state index in [0.29, 0.717) is 38.7 Å². The van der Waals surface area contributed by atoms with Gasteiger partial charge in [-0.15, -0.1) is 11.3 Å². The van der Waals surface area contributed by atoms with Crippen molar-refractivity contribution >= 4 is 23.1 Å². The van der Waals surface area contributed by atoms with Crippen LogP contribution in [0.3, 0.4) is 0 Å². The van der Waals surface area contributed by atoms with Crippen molar-refractivity contribution in [2.24, 2.45) is 11.7 Å². The van der Waals surface area contributed by atoms with Gasteiger partial charge < -0.3 is 26.0 Å². The summed E-state index contributed by atoms with van der Waals surface area (Å²) in [6, 6.07) is 1.96. The molecule has 7 nitrogen and oxygen atoms in total. The summed E-state index contributed by atoms with van der Waals surface area (Å²) >= 11 is 1.61. The minimum Gasteiger partial charge on any atom is -0.392 e. The minimum absolute atomic E-state index is 0.0212. The first kappa shape index (κ1) is 26.3. The Morgan fingerprint density at radius 1 is 1.35 bits per heavy atom. The molecule has 2 saturated carbocycles. The van der Waals surface area contributed by atoms with E-state index in [1.54, 1.807) is 16.2 Å². The maximum atomic E-state index is 13.8. The topological polar surface area (TPSA) is 94.7 Å². The van der Waals surface area contributed by atoms with E-state index < -0.39 is 23.6 Å². The molecule has 37 heavy (non-hydrogen) atoms. The highest BCUT2D eigenvalue weighted by molar-refractivity contribution is 7.11. The van der Waals surface area contributed by atoms with Crippen LogP contribution >= 0.6 is 11.3 Å². The van der Waals surface area contributed by atoms with Crippen LogP contribution < -0.4 is 11.1 Å². The van der Waals surface area contributed by atoms with Crippen molar-refractivity contribution in [3.05, 3.63) is 45.7 Å². The lowest BCUT2D eigenvalue weighted by molar-refractivity contribution is -0.139. The van der Waals surface area contributed by atoms with Crippen LogP contribution in [-0.2, 0) is 18.1 Å². The predicted octanol–water partition coefficient (Wildman–Crippen LogP) is 4.17. The van der Waals surface area contributed by atoms with E-state index in [-0.39, 0.29) is 29.2 Å². The molecule has 202 valence electrons. The molecule has 4 N–H and O–H groups in total. The molecule has 5 rings (SSSR count). The van der Waals surface area contributed by atoms with Crippen LogP contribution in [0.25, 0.3) is 0 Å². The van der Waals surface area contributed by atoms with Gasteiger partial charge in [0.2, 0.25) is 0 Å². The summed E-state index contributed by atoms with van der Waals surface area (Å²) in [6.45, 7) is 2.93. The van der Waals surface area contributed by atoms with Gasteiger partial charge >= 0.3 is 12.2 Å². The minimum atomic E-state index is -4.86. The Bertz CT molecular complexity index is 1140. The number of rotatable bonds is 8. The Morgan fingerprint density at radius 3 is 2.81 bits per heavy atom. The maximum Gasteiger partial charge on any atom is 0.419 e. The number of nitrogens with zero attached hydrogens (tertiary/aromatic N) is 3. The summed E-state index contributed by atoms with van der Waals surface area (Å²) in [6.07, 6.45) is 0.714. The number of nitrogens with one attached hydrogen (secondary N) is 1. The number of nitrogens with two attached hydrogens (primary N) is 1. The SMILES string of the molecule is NCc1ncc([C@]23CCC(N(CCCN4CC[C@@H](O)C4)C(=O)Nc4ccc(F)c(C(F)(F)F)c4)[C@H]2C3)s1. The number of alkyl halides is 3. The van der Waals surface area contributed by atoms with Crippen molar-refractivity contribution in [2.75, 3.05) is 31.5 Å². The largest absolute Gasteiger partial charge is 0.419 e. The highest BCUT2D eigenvalue weighted by Crippen LogP contribution is 2.66. The number of urea groups is 1. The van der Waals surface area contributed by atoms with Crippen LogP contribution in [0.15, 0.2) is 24.4 Å². The average Bonchev–Trinajstić information content (AvgIpc) is 3.18. The molecular weight excluding hydrogens is 510 g/mol. The fraction of sp³-hybridized carbons (Fsp3) is 0.600. The van der Waals surface area contributed by atoms with Crippen LogP contribution in [0.1, 0.15) is 47.6 Å². The first-order valence-corrected chi connectivity index (χ1v) is 13.4. The van der Waals surface area contributed by atoms with E-state index in [0.717, 1.165) is 49.4 Å². The molecular formula is C25H31F4N5O2S. The quantitative estimate of drug-likeness (QED) is 0.436. The summed E-state index contributed by atoms with van der Waals surface area (Å²) in [7, 11) is 0. The number of aliphatic hydroxyl groups excluding tert-OH is 1. The number of amides is 2. The number of fused-ring (bicyclic) bond motifs is 1. The average molecular weight is 542 g/mol. The molecule has 2 aromatic rings. The number of carbonyl (C=O) groups excluding carboxylic acids is 1. The number of carbonyl (C=O) groups is 1. The molecule has 1 unspecified atom stereocenters. The molecule has 0 bridgehead atoms. The van der Waals surface area contributed by atoms with Crippen LogP contribution in [0, 0.1) is 11.7 Å². The Balaban J connectivity index is 1.32. The Labute approximate surface area is 216 Å². The molecule has 2 aliphatic carbocycles. The van der Waals surface area contributed by atoms with E-state index >= 15 is 0 Å². The number of anilines is 1. The standard InChI is InChI=1S/C25H31F4N5O2S/c26-19-3-2-15(10-17(19)25(27,28)29)32-23(36)34(8-1-7-33-9-5-16(35)14-33)20-4-6-24(11-18(20)24)21-13-31-22(12-30)37-21/h2-3,10,13,16,18,20,35H,1,4-9,11-12,14,30H2,(H,32,36)/t16-,18-,20?,24+/m1/s1. The second-order valence-electron chi connectivity index (χ2n) is 10.3. The molecule has 1 aromatic carbocycles. The van der Waals surface area contributed by atoms with Crippen LogP contribution in [-0.4, -0.2) is 64.2 Å². The van der Waals surface area contributed by atoms with Gasteiger partial charge in [0.25, 0.3) is 0 Å². The summed E-state index contributed by atoms with van der Waals surface area (Å²) in [5, 5.41) is 13.3. The van der Waals surface area contributed by atoms with Gasteiger partial charge in [0, 0.05) is 54.4 Å². The fourth-order valence-electron chi connectivity index (χ4n) is 6.06. The van der Waals surface area contributed by atoms with E-state index in [2.05, 4.69) is 15.2 Å². The molecule has 3 fully saturated rings. The number of benzene rings is 1. The van der Waals surface area contributed by atoms with Crippen molar-refractivity contribution < 1.29 is 27.5 Å². The first-order chi connectivity index (χ1) is 17.6. The Kier molecular flexibility index (Phi) is 7.20. The van der Waals surface area contributed by atoms with Crippen molar-refractivity contribution in [3.63, 3.8) is 0 Å². The van der Waals surface area contributed by atoms with Gasteiger partial charge in [0.1, 0.15) is 10.8 Å². The zero-order valence-corrected chi connectivity index (χ0v) is 21.1. The number of aliphatic hydroxyl groups is 1. The van der Waals surface area contributed by atoms with Crippen molar-refractivity contribution in [2.45, 2.75) is 62.4 Å². The summed E-state index contributed by atoms with van der Waals surface area (Å²) in [5.74, 6) is -1.13. The molecule has 0 spiro atoms. The second kappa shape index (κ2) is 10.1. The number of thiazole rings is 1. The Morgan fingerprint density at radius 2 is 2.16 bits per heavy atom. The van der Waals surface area contributed by atoms with E-state index in [9.17, 15) is 27.5 Å². The van der Waals surface area contributed by atoms with Gasteiger partial charge in [-0.05, 0) is 62.8 Å². The van der Waals surface area contributed by atoms with Crippen LogP contribution in [0.5, 0.6) is 0 Å². The van der Waals surface area contributed by atoms with Crippen LogP contribution in [0.2, 0.25) is 0 Å². The molecule has 0 radical (unpaired) electrons. The second-order valence-corrected chi connectivity index (χ2v) is 11.4. The molecule has 12 heteroatoms. The van der Waals surface area contributed by atoms with Gasteiger partial charge in [0.05, 0.1) is 11.7 Å². The number of halogens is 4. The van der Waals surface area contributed by atoms with Crippen LogP contribution in [0.4, 0.5) is 28.0 Å². The fourth-order valence-corrected chi connectivity index (χ4v) is 7.15. The lowest BCUT2D eigenvalue weighted by atomic mass is 10.0. The van der Waals surface area contributed by atoms with Crippen molar-refractivity contribution in [1.82, 2.24) is 14.8 Å². The summed E-state index contributed by atoms with van der Waals surface area (Å²) in [5.41, 5.74) is 4.22. The molecule has 4 atom stereocenters. The predicted molar refractivity (Wildman–Crippen MR) is 132 cm³/mol. The van der Waals surface area contributed by atoms with E-state index in [4.69, 9.17) is 5.73 Å². The smallest absolute Gasteiger partial charge is 0.392 e. The van der Waals surface area contributed by atoms with Gasteiger partial charge in [0.15, 0.2) is 0 Å². The lowest BCUT2D eigenvalue weighted by Gasteiger charge is -2.31. The molecule has 3 aliphatic rings. The highest BCUT2D eigenvalue weighted by Gasteiger charge is 2.64. The maximum absolute atomic E-state index is 13.8. The lowest BCUT2D eigenvalue weighted by Crippen LogP contribution is -2.44. The van der Waals surface area contributed by atoms with Crippen molar-refractivity contribution in [3.8, 4) is 0 Å². The van der Waals surface area contributed by atoms with E-state index in [1.807, 2.05) is 6.20 Å². The molecule has 2 amide bonds. The third-order valence-corrected chi connectivity index (χ3v) is 9.25. The summed E-state index contributed by atoms with van der Waals surface area (Å²) < 4.78 is 53.4. The number of hydrogen-bond donors (Lipinski definition) is 3. The third kappa shape index (κ3) is 5.34. The number of likely N-dealkylation sites (tertiary alicyclic amines) is 1. The first-order valence-electron chi connectivity index (χ1n) is 12.6. The van der Waals surface area contributed by atoms with Gasteiger partial charge in [-0.3, -0.25) is 0 Å². The zero-order valence-electron chi connectivity index (χ0n) is 20.3. The summed E-state index contributed by atoms with van der Waals surface area (Å²) in [4.78, 5) is 22.9. The van der Waals surface area contributed by atoms with Gasteiger partial charge in [-0.2, -0.15) is 13.2 Å². The Hall–Kier alpha value is -2.28. The van der Waals surface area contributed by atoms with Crippen molar-refractivity contribution in [1.29, 1.82) is 0 Å². The monoisotopic (exact) mass is 541 g/mol. The molecule has 1 aromatic heterocycles. The van der Waals surface area contributed by atoms with E-state index in [1.165, 1.54) is 4.88 Å².